The Bertz CT molecular complexity index is 588. The van der Waals surface area contributed by atoms with Crippen molar-refractivity contribution in [1.82, 2.24) is 14.7 Å². The van der Waals surface area contributed by atoms with E-state index < -0.39 is 0 Å². The second-order valence-electron chi connectivity index (χ2n) is 8.15. The molecule has 5 heteroatoms. The molecule has 150 valence electrons. The van der Waals surface area contributed by atoms with Gasteiger partial charge in [-0.2, -0.15) is 0 Å². The molecule has 2 fully saturated rings. The summed E-state index contributed by atoms with van der Waals surface area (Å²) >= 11 is 0. The Labute approximate surface area is 164 Å². The summed E-state index contributed by atoms with van der Waals surface area (Å²) in [5, 5.41) is 0. The summed E-state index contributed by atoms with van der Waals surface area (Å²) in [5.41, 5.74) is 1.20. The monoisotopic (exact) mass is 373 g/mol. The zero-order valence-electron chi connectivity index (χ0n) is 17.2. The molecule has 5 nitrogen and oxygen atoms in total. The highest BCUT2D eigenvalue weighted by Crippen LogP contribution is 2.25. The minimum Gasteiger partial charge on any atom is -0.497 e. The number of likely N-dealkylation sites (tertiary alicyclic amines) is 1. The second-order valence-corrected chi connectivity index (χ2v) is 8.15. The molecule has 1 amide bonds. The van der Waals surface area contributed by atoms with Gasteiger partial charge in [-0.05, 0) is 56.8 Å². The van der Waals surface area contributed by atoms with E-state index in [0.29, 0.717) is 18.4 Å². The van der Waals surface area contributed by atoms with E-state index in [1.54, 1.807) is 7.11 Å². The van der Waals surface area contributed by atoms with Crippen molar-refractivity contribution in [1.29, 1.82) is 0 Å². The summed E-state index contributed by atoms with van der Waals surface area (Å²) < 4.78 is 5.19. The van der Waals surface area contributed by atoms with E-state index in [1.165, 1.54) is 31.7 Å². The molecule has 2 saturated heterocycles. The lowest BCUT2D eigenvalue weighted by atomic mass is 9.89. The van der Waals surface area contributed by atoms with Gasteiger partial charge in [0.1, 0.15) is 5.75 Å². The first kappa shape index (κ1) is 20.2. The molecule has 3 rings (SSSR count). The Balaban J connectivity index is 1.40. The van der Waals surface area contributed by atoms with Gasteiger partial charge in [-0.15, -0.1) is 0 Å². The molecule has 0 bridgehead atoms. The summed E-state index contributed by atoms with van der Waals surface area (Å²) in [4.78, 5) is 19.7. The molecular weight excluding hydrogens is 338 g/mol. The van der Waals surface area contributed by atoms with Crippen LogP contribution in [0.25, 0.3) is 0 Å². The number of methoxy groups -OCH3 is 1. The lowest BCUT2D eigenvalue weighted by Gasteiger charge is -2.42. The molecule has 0 unspecified atom stereocenters. The van der Waals surface area contributed by atoms with Crippen LogP contribution in [0.15, 0.2) is 24.3 Å². The van der Waals surface area contributed by atoms with E-state index in [-0.39, 0.29) is 0 Å². The first-order valence-corrected chi connectivity index (χ1v) is 10.4. The van der Waals surface area contributed by atoms with Crippen molar-refractivity contribution in [2.24, 2.45) is 5.92 Å². The van der Waals surface area contributed by atoms with Crippen LogP contribution in [0.1, 0.15) is 31.7 Å². The standard InChI is InChI=1S/C22H35N3O2/c1-18(24-16-14-23(2)15-17-24)20-10-12-25(13-11-20)22(26)9-6-19-4-7-21(27-3)8-5-19/h4-5,7-8,18,20H,6,9-17H2,1-3H3/t18-/m0/s1. The molecule has 1 aromatic rings. The number of rotatable bonds is 6. The molecule has 0 radical (unpaired) electrons. The van der Waals surface area contributed by atoms with Crippen molar-refractivity contribution < 1.29 is 9.53 Å². The topological polar surface area (TPSA) is 36.0 Å². The molecule has 2 aliphatic heterocycles. The third-order valence-corrected chi connectivity index (χ3v) is 6.47. The van der Waals surface area contributed by atoms with Crippen LogP contribution in [0.5, 0.6) is 5.75 Å². The Morgan fingerprint density at radius 1 is 1.07 bits per heavy atom. The van der Waals surface area contributed by atoms with E-state index in [4.69, 9.17) is 4.74 Å². The van der Waals surface area contributed by atoms with Gasteiger partial charge in [-0.25, -0.2) is 0 Å². The van der Waals surface area contributed by atoms with Crippen LogP contribution in [-0.2, 0) is 11.2 Å². The Morgan fingerprint density at radius 2 is 1.70 bits per heavy atom. The number of hydrogen-bond acceptors (Lipinski definition) is 4. The van der Waals surface area contributed by atoms with Crippen molar-refractivity contribution in [3.63, 3.8) is 0 Å². The molecule has 0 aromatic heterocycles. The lowest BCUT2D eigenvalue weighted by molar-refractivity contribution is -0.132. The average Bonchev–Trinajstić information content (AvgIpc) is 2.72. The maximum absolute atomic E-state index is 12.6. The van der Waals surface area contributed by atoms with Crippen LogP contribution < -0.4 is 4.74 Å². The predicted molar refractivity (Wildman–Crippen MR) is 109 cm³/mol. The number of nitrogens with zero attached hydrogens (tertiary/aromatic N) is 3. The largest absolute Gasteiger partial charge is 0.497 e. The molecule has 27 heavy (non-hydrogen) atoms. The number of piperazine rings is 1. The maximum Gasteiger partial charge on any atom is 0.222 e. The van der Waals surface area contributed by atoms with Crippen molar-refractivity contribution in [3.8, 4) is 5.75 Å². The van der Waals surface area contributed by atoms with Gasteiger partial charge in [-0.3, -0.25) is 9.69 Å². The van der Waals surface area contributed by atoms with Crippen molar-refractivity contribution >= 4 is 5.91 Å². The SMILES string of the molecule is COc1ccc(CCC(=O)N2CCC([C@H](C)N3CCN(C)CC3)CC2)cc1. The summed E-state index contributed by atoms with van der Waals surface area (Å²) in [6.45, 7) is 8.93. The van der Waals surface area contributed by atoms with Gasteiger partial charge in [0.05, 0.1) is 7.11 Å². The van der Waals surface area contributed by atoms with E-state index in [1.807, 2.05) is 12.1 Å². The highest BCUT2D eigenvalue weighted by atomic mass is 16.5. The quantitative estimate of drug-likeness (QED) is 0.768. The van der Waals surface area contributed by atoms with Crippen molar-refractivity contribution in [2.45, 2.75) is 38.6 Å². The third-order valence-electron chi connectivity index (χ3n) is 6.47. The summed E-state index contributed by atoms with van der Waals surface area (Å²) in [6, 6.07) is 8.66. The van der Waals surface area contributed by atoms with E-state index in [9.17, 15) is 4.79 Å². The Morgan fingerprint density at radius 3 is 2.30 bits per heavy atom. The normalized spacial score (nSPS) is 21.2. The van der Waals surface area contributed by atoms with Gasteiger partial charge in [0.25, 0.3) is 0 Å². The van der Waals surface area contributed by atoms with Gasteiger partial charge >= 0.3 is 0 Å². The first-order valence-electron chi connectivity index (χ1n) is 10.4. The molecule has 2 heterocycles. The molecule has 1 atom stereocenters. The first-order chi connectivity index (χ1) is 13.1. The fourth-order valence-corrected chi connectivity index (χ4v) is 4.36. The second kappa shape index (κ2) is 9.56. The number of carbonyl (C=O) groups excluding carboxylic acids is 1. The summed E-state index contributed by atoms with van der Waals surface area (Å²) in [6.07, 6.45) is 3.69. The van der Waals surface area contributed by atoms with Gasteiger partial charge < -0.3 is 14.5 Å². The molecule has 0 N–H and O–H groups in total. The van der Waals surface area contributed by atoms with Crippen molar-refractivity contribution in [3.05, 3.63) is 29.8 Å². The number of benzene rings is 1. The fraction of sp³-hybridized carbons (Fsp3) is 0.682. The zero-order valence-corrected chi connectivity index (χ0v) is 17.2. The van der Waals surface area contributed by atoms with Crippen LogP contribution in [0.4, 0.5) is 0 Å². The highest BCUT2D eigenvalue weighted by molar-refractivity contribution is 5.76. The minimum atomic E-state index is 0.302. The van der Waals surface area contributed by atoms with Gasteiger partial charge in [0.15, 0.2) is 0 Å². The van der Waals surface area contributed by atoms with Crippen LogP contribution in [0.2, 0.25) is 0 Å². The molecule has 0 aliphatic carbocycles. The lowest BCUT2D eigenvalue weighted by Crippen LogP contribution is -2.52. The van der Waals surface area contributed by atoms with Crippen LogP contribution in [-0.4, -0.2) is 80.1 Å². The number of hydrogen-bond donors (Lipinski definition) is 0. The minimum absolute atomic E-state index is 0.302. The zero-order chi connectivity index (χ0) is 19.2. The molecule has 0 saturated carbocycles. The fourth-order valence-electron chi connectivity index (χ4n) is 4.36. The van der Waals surface area contributed by atoms with Gasteiger partial charge in [0, 0.05) is 51.7 Å². The smallest absolute Gasteiger partial charge is 0.222 e. The Hall–Kier alpha value is -1.59. The van der Waals surface area contributed by atoms with Crippen LogP contribution >= 0.6 is 0 Å². The summed E-state index contributed by atoms with van der Waals surface area (Å²) in [5.74, 6) is 1.89. The number of likely N-dealkylation sites (N-methyl/N-ethyl adjacent to an activating group) is 1. The number of amides is 1. The Kier molecular flexibility index (Phi) is 7.13. The van der Waals surface area contributed by atoms with Gasteiger partial charge in [-0.1, -0.05) is 12.1 Å². The molecular formula is C22H35N3O2. The van der Waals surface area contributed by atoms with E-state index in [0.717, 1.165) is 44.0 Å². The van der Waals surface area contributed by atoms with Crippen LogP contribution in [0.3, 0.4) is 0 Å². The number of ether oxygens (including phenoxy) is 1. The van der Waals surface area contributed by atoms with E-state index >= 15 is 0 Å². The number of aryl methyl sites for hydroxylation is 1. The van der Waals surface area contributed by atoms with Crippen LogP contribution in [0, 0.1) is 5.92 Å². The van der Waals surface area contributed by atoms with Gasteiger partial charge in [0.2, 0.25) is 5.91 Å². The number of piperidine rings is 1. The number of carbonyl (C=O) groups is 1. The third kappa shape index (κ3) is 5.45. The maximum atomic E-state index is 12.6. The highest BCUT2D eigenvalue weighted by Gasteiger charge is 2.30. The molecule has 1 aromatic carbocycles. The van der Waals surface area contributed by atoms with Crippen molar-refractivity contribution in [2.75, 3.05) is 53.4 Å². The molecule has 0 spiro atoms. The molecule has 2 aliphatic rings. The summed E-state index contributed by atoms with van der Waals surface area (Å²) in [7, 11) is 3.88. The average molecular weight is 374 g/mol. The predicted octanol–water partition coefficient (Wildman–Crippen LogP) is 2.50. The van der Waals surface area contributed by atoms with E-state index in [2.05, 4.69) is 40.8 Å².